The van der Waals surface area contributed by atoms with E-state index < -0.39 is 0 Å². The molecule has 2 N–H and O–H groups in total. The summed E-state index contributed by atoms with van der Waals surface area (Å²) in [6, 6.07) is 0. The molecule has 0 aliphatic heterocycles. The maximum Gasteiger partial charge on any atom is 0.246 e. The lowest BCUT2D eigenvalue weighted by Gasteiger charge is -2.08. The van der Waals surface area contributed by atoms with Crippen LogP contribution in [0.1, 0.15) is 22.4 Å². The molecule has 8 heteroatoms. The molecule has 0 aliphatic rings. The number of guanidine groups is 1. The second-order valence-corrected chi connectivity index (χ2v) is 4.84. The SMILES string of the molecule is CN=C(NCc1nc(C)no1)NCc1nc(C)cs1. The Morgan fingerprint density at radius 1 is 1.32 bits per heavy atom. The summed E-state index contributed by atoms with van der Waals surface area (Å²) in [6.45, 7) is 4.84. The molecule has 0 atom stereocenters. The van der Waals surface area contributed by atoms with E-state index in [2.05, 4.69) is 30.8 Å². The van der Waals surface area contributed by atoms with Crippen molar-refractivity contribution >= 4 is 17.3 Å². The van der Waals surface area contributed by atoms with E-state index in [4.69, 9.17) is 4.52 Å². The quantitative estimate of drug-likeness (QED) is 0.642. The molecule has 0 spiro atoms. The highest BCUT2D eigenvalue weighted by atomic mass is 32.1. The van der Waals surface area contributed by atoms with Crippen LogP contribution in [0.25, 0.3) is 0 Å². The van der Waals surface area contributed by atoms with Crippen molar-refractivity contribution in [1.82, 2.24) is 25.8 Å². The van der Waals surface area contributed by atoms with Gasteiger partial charge in [-0.25, -0.2) is 4.98 Å². The molecule has 0 amide bonds. The average Bonchev–Trinajstić information content (AvgIpc) is 2.99. The third-order valence-corrected chi connectivity index (χ3v) is 3.24. The second kappa shape index (κ2) is 6.28. The van der Waals surface area contributed by atoms with Crippen molar-refractivity contribution in [2.45, 2.75) is 26.9 Å². The number of aliphatic imine (C=N–C) groups is 1. The largest absolute Gasteiger partial charge is 0.350 e. The van der Waals surface area contributed by atoms with E-state index in [9.17, 15) is 0 Å². The summed E-state index contributed by atoms with van der Waals surface area (Å²) in [4.78, 5) is 12.6. The smallest absolute Gasteiger partial charge is 0.246 e. The molecule has 19 heavy (non-hydrogen) atoms. The van der Waals surface area contributed by atoms with E-state index in [1.54, 1.807) is 25.3 Å². The van der Waals surface area contributed by atoms with E-state index in [1.807, 2.05) is 12.3 Å². The van der Waals surface area contributed by atoms with Gasteiger partial charge in [0.1, 0.15) is 5.01 Å². The summed E-state index contributed by atoms with van der Waals surface area (Å²) < 4.78 is 5.01. The van der Waals surface area contributed by atoms with Crippen molar-refractivity contribution in [2.24, 2.45) is 4.99 Å². The van der Waals surface area contributed by atoms with E-state index in [0.29, 0.717) is 30.8 Å². The van der Waals surface area contributed by atoms with Gasteiger partial charge >= 0.3 is 0 Å². The number of nitrogens with zero attached hydrogens (tertiary/aromatic N) is 4. The van der Waals surface area contributed by atoms with Gasteiger partial charge in [0.2, 0.25) is 5.89 Å². The van der Waals surface area contributed by atoms with Crippen LogP contribution < -0.4 is 10.6 Å². The molecule has 0 unspecified atom stereocenters. The van der Waals surface area contributed by atoms with Gasteiger partial charge in [-0.3, -0.25) is 4.99 Å². The van der Waals surface area contributed by atoms with Gasteiger partial charge in [-0.15, -0.1) is 11.3 Å². The number of hydrogen-bond donors (Lipinski definition) is 2. The number of aromatic nitrogens is 3. The Bertz CT molecular complexity index is 515. The highest BCUT2D eigenvalue weighted by Gasteiger charge is 2.05. The fourth-order valence-corrected chi connectivity index (χ4v) is 2.15. The zero-order valence-electron chi connectivity index (χ0n) is 11.1. The van der Waals surface area contributed by atoms with Crippen molar-refractivity contribution in [3.8, 4) is 0 Å². The first-order chi connectivity index (χ1) is 9.17. The van der Waals surface area contributed by atoms with Crippen LogP contribution in [0.5, 0.6) is 0 Å². The Balaban J connectivity index is 1.80. The van der Waals surface area contributed by atoms with Crippen molar-refractivity contribution in [3.05, 3.63) is 27.8 Å². The molecular weight excluding hydrogens is 264 g/mol. The summed E-state index contributed by atoms with van der Waals surface area (Å²) in [6.07, 6.45) is 0. The van der Waals surface area contributed by atoms with E-state index in [-0.39, 0.29) is 0 Å². The van der Waals surface area contributed by atoms with Crippen LogP contribution >= 0.6 is 11.3 Å². The number of nitrogens with one attached hydrogen (secondary N) is 2. The molecule has 0 aliphatic carbocycles. The Labute approximate surface area is 115 Å². The summed E-state index contributed by atoms with van der Waals surface area (Å²) in [5.74, 6) is 1.83. The Hall–Kier alpha value is -1.96. The summed E-state index contributed by atoms with van der Waals surface area (Å²) in [5.41, 5.74) is 1.03. The lowest BCUT2D eigenvalue weighted by molar-refractivity contribution is 0.371. The molecule has 0 saturated heterocycles. The van der Waals surface area contributed by atoms with Gasteiger partial charge in [0.05, 0.1) is 13.1 Å². The van der Waals surface area contributed by atoms with Crippen molar-refractivity contribution in [2.75, 3.05) is 7.05 Å². The number of thiazole rings is 1. The third kappa shape index (κ3) is 4.02. The summed E-state index contributed by atoms with van der Waals surface area (Å²) in [7, 11) is 1.71. The predicted molar refractivity (Wildman–Crippen MR) is 72.9 cm³/mol. The van der Waals surface area contributed by atoms with E-state index >= 15 is 0 Å². The number of hydrogen-bond acceptors (Lipinski definition) is 6. The molecule has 102 valence electrons. The molecule has 2 rings (SSSR count). The van der Waals surface area contributed by atoms with Crippen LogP contribution in [0.4, 0.5) is 0 Å². The molecule has 0 fully saturated rings. The number of rotatable bonds is 4. The zero-order chi connectivity index (χ0) is 13.7. The maximum absolute atomic E-state index is 5.01. The Morgan fingerprint density at radius 2 is 2.11 bits per heavy atom. The molecule has 0 bridgehead atoms. The molecule has 2 aromatic rings. The minimum absolute atomic E-state index is 0.442. The first-order valence-corrected chi connectivity index (χ1v) is 6.70. The van der Waals surface area contributed by atoms with Crippen LogP contribution in [0.15, 0.2) is 14.9 Å². The van der Waals surface area contributed by atoms with Gasteiger partial charge < -0.3 is 15.2 Å². The minimum Gasteiger partial charge on any atom is -0.350 e. The van der Waals surface area contributed by atoms with Gasteiger partial charge in [0.25, 0.3) is 0 Å². The van der Waals surface area contributed by atoms with Crippen LogP contribution in [-0.2, 0) is 13.1 Å². The maximum atomic E-state index is 5.01. The fourth-order valence-electron chi connectivity index (χ4n) is 1.44. The number of aryl methyl sites for hydroxylation is 2. The molecule has 0 saturated carbocycles. The van der Waals surface area contributed by atoms with Gasteiger partial charge in [-0.2, -0.15) is 4.98 Å². The minimum atomic E-state index is 0.442. The lowest BCUT2D eigenvalue weighted by atomic mass is 10.5. The van der Waals surface area contributed by atoms with E-state index in [0.717, 1.165) is 10.7 Å². The summed E-state index contributed by atoms with van der Waals surface area (Å²) >= 11 is 1.62. The molecule has 0 radical (unpaired) electrons. The van der Waals surface area contributed by atoms with E-state index in [1.165, 1.54) is 0 Å². The first kappa shape index (κ1) is 13.5. The Kier molecular flexibility index (Phi) is 4.45. The topological polar surface area (TPSA) is 88.2 Å². The van der Waals surface area contributed by atoms with Crippen molar-refractivity contribution < 1.29 is 4.52 Å². The first-order valence-electron chi connectivity index (χ1n) is 5.82. The normalized spacial score (nSPS) is 11.6. The summed E-state index contributed by atoms with van der Waals surface area (Å²) in [5, 5.41) is 13.0. The van der Waals surface area contributed by atoms with Gasteiger partial charge in [0, 0.05) is 18.1 Å². The molecular formula is C11H16N6OS. The van der Waals surface area contributed by atoms with Crippen molar-refractivity contribution in [1.29, 1.82) is 0 Å². The van der Waals surface area contributed by atoms with Gasteiger partial charge in [-0.05, 0) is 13.8 Å². The highest BCUT2D eigenvalue weighted by molar-refractivity contribution is 7.09. The van der Waals surface area contributed by atoms with Crippen LogP contribution in [0, 0.1) is 13.8 Å². The average molecular weight is 280 g/mol. The van der Waals surface area contributed by atoms with Crippen LogP contribution in [0.2, 0.25) is 0 Å². The van der Waals surface area contributed by atoms with Crippen LogP contribution in [0.3, 0.4) is 0 Å². The lowest BCUT2D eigenvalue weighted by Crippen LogP contribution is -2.36. The van der Waals surface area contributed by atoms with Gasteiger partial charge in [-0.1, -0.05) is 5.16 Å². The predicted octanol–water partition coefficient (Wildman–Crippen LogP) is 1.01. The molecule has 2 heterocycles. The molecule has 7 nitrogen and oxygen atoms in total. The zero-order valence-corrected chi connectivity index (χ0v) is 11.9. The van der Waals surface area contributed by atoms with Crippen molar-refractivity contribution in [3.63, 3.8) is 0 Å². The standard InChI is InChI=1S/C11H16N6OS/c1-7-6-19-10(15-7)5-14-11(12-3)13-4-9-16-8(2)17-18-9/h6H,4-5H2,1-3H3,(H2,12,13,14). The second-order valence-electron chi connectivity index (χ2n) is 3.90. The monoisotopic (exact) mass is 280 g/mol. The fraction of sp³-hybridized carbons (Fsp3) is 0.455. The van der Waals surface area contributed by atoms with Crippen LogP contribution in [-0.4, -0.2) is 28.1 Å². The van der Waals surface area contributed by atoms with Gasteiger partial charge in [0.15, 0.2) is 11.8 Å². The third-order valence-electron chi connectivity index (χ3n) is 2.27. The molecule has 0 aromatic carbocycles. The molecule has 2 aromatic heterocycles. The highest BCUT2D eigenvalue weighted by Crippen LogP contribution is 2.07. The Morgan fingerprint density at radius 3 is 2.68 bits per heavy atom.